The normalized spacial score (nSPS) is 11.0. The first kappa shape index (κ1) is 17.0. The minimum Gasteiger partial charge on any atom is -0.350 e. The second-order valence-corrected chi connectivity index (χ2v) is 6.29. The van der Waals surface area contributed by atoms with Crippen LogP contribution in [0.15, 0.2) is 40.9 Å². The number of halogens is 2. The first-order valence-corrected chi connectivity index (χ1v) is 6.91. The molecule has 2 aromatic carbocycles. The van der Waals surface area contributed by atoms with Crippen LogP contribution in [0.3, 0.4) is 0 Å². The van der Waals surface area contributed by atoms with Gasteiger partial charge in [-0.2, -0.15) is 0 Å². The highest BCUT2D eigenvalue weighted by Crippen LogP contribution is 2.20. The lowest BCUT2D eigenvalue weighted by molar-refractivity contribution is 0.0946. The lowest BCUT2D eigenvalue weighted by atomic mass is 10.1. The van der Waals surface area contributed by atoms with Crippen molar-refractivity contribution in [2.75, 3.05) is 6.54 Å². The summed E-state index contributed by atoms with van der Waals surface area (Å²) in [5.74, 6) is -0.0941. The molecule has 2 aromatic rings. The fourth-order valence-corrected chi connectivity index (χ4v) is 2.15. The molecule has 0 bridgehead atoms. The van der Waals surface area contributed by atoms with Gasteiger partial charge in [-0.15, -0.1) is 12.4 Å². The summed E-state index contributed by atoms with van der Waals surface area (Å²) in [7, 11) is 0. The third kappa shape index (κ3) is 4.47. The van der Waals surface area contributed by atoms with Gasteiger partial charge in [0.05, 0.1) is 0 Å². The minimum atomic E-state index is -0.405. The molecule has 0 aromatic heterocycles. The summed E-state index contributed by atoms with van der Waals surface area (Å²) in [4.78, 5) is 12.0. The van der Waals surface area contributed by atoms with Gasteiger partial charge in [0.15, 0.2) is 0 Å². The number of benzene rings is 2. The maximum absolute atomic E-state index is 12.0. The van der Waals surface area contributed by atoms with Gasteiger partial charge in [-0.25, -0.2) is 0 Å². The highest BCUT2D eigenvalue weighted by atomic mass is 79.9. The van der Waals surface area contributed by atoms with E-state index in [0.29, 0.717) is 12.1 Å². The molecule has 0 spiro atoms. The first-order chi connectivity index (χ1) is 8.85. The van der Waals surface area contributed by atoms with Crippen molar-refractivity contribution >= 4 is 45.0 Å². The molecule has 1 amide bonds. The minimum absolute atomic E-state index is 0. The number of nitrogens with two attached hydrogens (primary N) is 1. The summed E-state index contributed by atoms with van der Waals surface area (Å²) in [5, 5.41) is 4.99. The third-order valence-corrected chi connectivity index (χ3v) is 3.26. The molecule has 3 nitrogen and oxygen atoms in total. The average Bonchev–Trinajstić information content (AvgIpc) is 2.34. The summed E-state index contributed by atoms with van der Waals surface area (Å²) >= 11 is 3.43. The molecule has 0 unspecified atom stereocenters. The Morgan fingerprint density at radius 3 is 2.45 bits per heavy atom. The molecule has 0 atom stereocenters. The molecule has 0 saturated carbocycles. The number of carbonyl (C=O) groups excluding carboxylic acids is 1. The van der Waals surface area contributed by atoms with Crippen molar-refractivity contribution in [3.8, 4) is 0 Å². The van der Waals surface area contributed by atoms with Crippen LogP contribution in [0.4, 0.5) is 0 Å². The van der Waals surface area contributed by atoms with Crippen LogP contribution in [0.2, 0.25) is 0 Å². The van der Waals surface area contributed by atoms with Crippen LogP contribution in [0.1, 0.15) is 24.2 Å². The molecule has 0 heterocycles. The topological polar surface area (TPSA) is 55.1 Å². The van der Waals surface area contributed by atoms with Crippen LogP contribution in [-0.2, 0) is 0 Å². The Morgan fingerprint density at radius 1 is 1.20 bits per heavy atom. The summed E-state index contributed by atoms with van der Waals surface area (Å²) in [5.41, 5.74) is 6.10. The second kappa shape index (κ2) is 6.57. The molecular weight excluding hydrogens is 340 g/mol. The van der Waals surface area contributed by atoms with Gasteiger partial charge in [0.25, 0.3) is 5.91 Å². The Bertz CT molecular complexity index is 623. The van der Waals surface area contributed by atoms with Gasteiger partial charge in [-0.3, -0.25) is 4.79 Å². The zero-order valence-corrected chi connectivity index (χ0v) is 13.8. The molecular formula is C15H18BrClN2O. The molecule has 0 aliphatic heterocycles. The van der Waals surface area contributed by atoms with E-state index in [1.54, 1.807) is 0 Å². The van der Waals surface area contributed by atoms with E-state index in [9.17, 15) is 4.79 Å². The number of hydrogen-bond donors (Lipinski definition) is 2. The molecule has 0 radical (unpaired) electrons. The SMILES string of the molecule is CC(C)(N)CNC(=O)c1ccc2cc(Br)ccc2c1.Cl. The van der Waals surface area contributed by atoms with E-state index in [2.05, 4.69) is 21.2 Å². The van der Waals surface area contributed by atoms with Crippen molar-refractivity contribution in [1.82, 2.24) is 5.32 Å². The van der Waals surface area contributed by atoms with E-state index < -0.39 is 5.54 Å². The number of hydrogen-bond acceptors (Lipinski definition) is 2. The highest BCUT2D eigenvalue weighted by Gasteiger charge is 2.13. The second-order valence-electron chi connectivity index (χ2n) is 5.38. The zero-order chi connectivity index (χ0) is 14.0. The Morgan fingerprint density at radius 2 is 1.80 bits per heavy atom. The fraction of sp³-hybridized carbons (Fsp3) is 0.267. The van der Waals surface area contributed by atoms with E-state index in [1.807, 2.05) is 50.2 Å². The maximum Gasteiger partial charge on any atom is 0.251 e. The van der Waals surface area contributed by atoms with Crippen LogP contribution in [-0.4, -0.2) is 18.0 Å². The van der Waals surface area contributed by atoms with Crippen LogP contribution >= 0.6 is 28.3 Å². The molecule has 5 heteroatoms. The van der Waals surface area contributed by atoms with Gasteiger partial charge in [0.1, 0.15) is 0 Å². The monoisotopic (exact) mass is 356 g/mol. The van der Waals surface area contributed by atoms with Crippen molar-refractivity contribution in [1.29, 1.82) is 0 Å². The van der Waals surface area contributed by atoms with Crippen molar-refractivity contribution < 1.29 is 4.79 Å². The quantitative estimate of drug-likeness (QED) is 0.883. The lowest BCUT2D eigenvalue weighted by Crippen LogP contribution is -2.45. The van der Waals surface area contributed by atoms with Gasteiger partial charge in [-0.1, -0.05) is 28.1 Å². The standard InChI is InChI=1S/C15H17BrN2O.ClH/c1-15(2,17)9-18-14(19)12-4-3-11-8-13(16)6-5-10(11)7-12;/h3-8H,9,17H2,1-2H3,(H,18,19);1H. The van der Waals surface area contributed by atoms with E-state index >= 15 is 0 Å². The van der Waals surface area contributed by atoms with Crippen molar-refractivity contribution in [3.05, 3.63) is 46.4 Å². The molecule has 0 fully saturated rings. The smallest absolute Gasteiger partial charge is 0.251 e. The van der Waals surface area contributed by atoms with Crippen LogP contribution in [0.5, 0.6) is 0 Å². The van der Waals surface area contributed by atoms with Gasteiger partial charge >= 0.3 is 0 Å². The Kier molecular flexibility index (Phi) is 5.57. The van der Waals surface area contributed by atoms with E-state index in [1.165, 1.54) is 0 Å². The lowest BCUT2D eigenvalue weighted by Gasteiger charge is -2.18. The molecule has 108 valence electrons. The summed E-state index contributed by atoms with van der Waals surface area (Å²) in [6, 6.07) is 11.6. The predicted molar refractivity (Wildman–Crippen MR) is 89.5 cm³/mol. The molecule has 0 aliphatic carbocycles. The number of amides is 1. The van der Waals surface area contributed by atoms with E-state index in [0.717, 1.165) is 15.2 Å². The van der Waals surface area contributed by atoms with Crippen molar-refractivity contribution in [2.45, 2.75) is 19.4 Å². The number of fused-ring (bicyclic) bond motifs is 1. The Labute approximate surface area is 133 Å². The number of rotatable bonds is 3. The number of carbonyl (C=O) groups is 1. The first-order valence-electron chi connectivity index (χ1n) is 6.11. The summed E-state index contributed by atoms with van der Waals surface area (Å²) < 4.78 is 1.03. The van der Waals surface area contributed by atoms with Gasteiger partial charge in [-0.05, 0) is 48.9 Å². The fourth-order valence-electron chi connectivity index (χ4n) is 1.77. The highest BCUT2D eigenvalue weighted by molar-refractivity contribution is 9.10. The van der Waals surface area contributed by atoms with Crippen molar-refractivity contribution in [3.63, 3.8) is 0 Å². The van der Waals surface area contributed by atoms with Crippen molar-refractivity contribution in [2.24, 2.45) is 5.73 Å². The Hall–Kier alpha value is -1.10. The van der Waals surface area contributed by atoms with Gasteiger partial charge < -0.3 is 11.1 Å². The third-order valence-electron chi connectivity index (χ3n) is 2.77. The molecule has 0 saturated heterocycles. The van der Waals surface area contributed by atoms with Crippen LogP contribution in [0, 0.1) is 0 Å². The van der Waals surface area contributed by atoms with Gasteiger partial charge in [0, 0.05) is 22.1 Å². The molecule has 0 aliphatic rings. The van der Waals surface area contributed by atoms with Crippen LogP contribution in [0.25, 0.3) is 10.8 Å². The Balaban J connectivity index is 0.00000200. The average molecular weight is 358 g/mol. The van der Waals surface area contributed by atoms with E-state index in [4.69, 9.17) is 5.73 Å². The maximum atomic E-state index is 12.0. The molecule has 20 heavy (non-hydrogen) atoms. The largest absolute Gasteiger partial charge is 0.350 e. The zero-order valence-electron chi connectivity index (χ0n) is 11.4. The molecule has 2 rings (SSSR count). The molecule has 3 N–H and O–H groups in total. The van der Waals surface area contributed by atoms with Gasteiger partial charge in [0.2, 0.25) is 0 Å². The number of nitrogens with one attached hydrogen (secondary N) is 1. The van der Waals surface area contributed by atoms with E-state index in [-0.39, 0.29) is 18.3 Å². The summed E-state index contributed by atoms with van der Waals surface area (Å²) in [6.45, 7) is 4.21. The predicted octanol–water partition coefficient (Wildman–Crippen LogP) is 3.49. The summed E-state index contributed by atoms with van der Waals surface area (Å²) in [6.07, 6.45) is 0. The van der Waals surface area contributed by atoms with Crippen LogP contribution < -0.4 is 11.1 Å².